The molecule has 2 aromatic carbocycles. The van der Waals surface area contributed by atoms with Gasteiger partial charge in [-0.25, -0.2) is 9.18 Å². The quantitative estimate of drug-likeness (QED) is 0.721. The molecular weight excluding hydrogens is 401 g/mol. The zero-order chi connectivity index (χ0) is 21.6. The lowest BCUT2D eigenvalue weighted by atomic mass is 10.2. The maximum Gasteiger partial charge on any atom is 0.414 e. The molecule has 0 bridgehead atoms. The van der Waals surface area contributed by atoms with Crippen LogP contribution in [0.1, 0.15) is 5.56 Å². The van der Waals surface area contributed by atoms with Gasteiger partial charge in [0.05, 0.1) is 37.7 Å². The molecule has 2 fully saturated rings. The molecule has 2 heterocycles. The van der Waals surface area contributed by atoms with Crippen molar-refractivity contribution in [1.29, 1.82) is 0 Å². The summed E-state index contributed by atoms with van der Waals surface area (Å²) in [5.74, 6) is -0.672. The highest BCUT2D eigenvalue weighted by atomic mass is 19.1. The van der Waals surface area contributed by atoms with Crippen LogP contribution in [0.25, 0.3) is 6.08 Å². The van der Waals surface area contributed by atoms with Crippen molar-refractivity contribution >= 4 is 29.5 Å². The lowest BCUT2D eigenvalue weighted by Gasteiger charge is -2.29. The molecule has 1 atom stereocenters. The van der Waals surface area contributed by atoms with Crippen LogP contribution >= 0.6 is 0 Å². The van der Waals surface area contributed by atoms with Crippen LogP contribution in [0.15, 0.2) is 54.6 Å². The van der Waals surface area contributed by atoms with Gasteiger partial charge < -0.3 is 19.7 Å². The average Bonchev–Trinajstić information content (AvgIpc) is 3.18. The standard InChI is InChI=1S/C23H24FN3O4/c24-20-14-18(7-8-21(20)26-10-12-30-13-11-26)27-16-19(31-23(27)29)15-25-22(28)9-6-17-4-2-1-3-5-17/h1-9,14,19H,10-13,15-16H2,(H,25,28)/b9-6+/t19-/m0/s1. The molecule has 7 nitrogen and oxygen atoms in total. The van der Waals surface area contributed by atoms with Crippen LogP contribution in [0.3, 0.4) is 0 Å². The second-order valence-corrected chi connectivity index (χ2v) is 7.34. The molecule has 0 aromatic heterocycles. The average molecular weight is 425 g/mol. The van der Waals surface area contributed by atoms with Gasteiger partial charge in [0.2, 0.25) is 5.91 Å². The van der Waals surface area contributed by atoms with Gasteiger partial charge in [0.25, 0.3) is 0 Å². The smallest absolute Gasteiger partial charge is 0.414 e. The van der Waals surface area contributed by atoms with Crippen molar-refractivity contribution in [3.63, 3.8) is 0 Å². The predicted octanol–water partition coefficient (Wildman–Crippen LogP) is 2.82. The Balaban J connectivity index is 1.32. The van der Waals surface area contributed by atoms with Crippen LogP contribution in [0, 0.1) is 5.82 Å². The molecule has 0 aliphatic carbocycles. The SMILES string of the molecule is O=C(/C=C/c1ccccc1)NC[C@H]1CN(c2ccc(N3CCOCC3)c(F)c2)C(=O)O1. The number of carbonyl (C=O) groups is 2. The van der Waals surface area contributed by atoms with Crippen molar-refractivity contribution in [2.45, 2.75) is 6.10 Å². The fourth-order valence-corrected chi connectivity index (χ4v) is 3.57. The Hall–Kier alpha value is -3.39. The molecule has 0 radical (unpaired) electrons. The minimum atomic E-state index is -0.558. The Morgan fingerprint density at radius 1 is 1.16 bits per heavy atom. The fraction of sp³-hybridized carbons (Fsp3) is 0.304. The van der Waals surface area contributed by atoms with Gasteiger partial charge in [-0.2, -0.15) is 0 Å². The molecule has 2 aliphatic heterocycles. The molecule has 31 heavy (non-hydrogen) atoms. The molecule has 0 saturated carbocycles. The van der Waals surface area contributed by atoms with E-state index in [1.165, 1.54) is 17.0 Å². The van der Waals surface area contributed by atoms with Gasteiger partial charge in [-0.3, -0.25) is 9.69 Å². The van der Waals surface area contributed by atoms with E-state index in [4.69, 9.17) is 9.47 Å². The van der Waals surface area contributed by atoms with Crippen LogP contribution in [0.2, 0.25) is 0 Å². The predicted molar refractivity (Wildman–Crippen MR) is 116 cm³/mol. The van der Waals surface area contributed by atoms with E-state index in [1.807, 2.05) is 35.2 Å². The number of nitrogens with one attached hydrogen (secondary N) is 1. The summed E-state index contributed by atoms with van der Waals surface area (Å²) in [7, 11) is 0. The number of halogens is 1. The summed E-state index contributed by atoms with van der Waals surface area (Å²) in [5, 5.41) is 2.73. The van der Waals surface area contributed by atoms with E-state index < -0.39 is 18.0 Å². The molecule has 0 spiro atoms. The molecule has 2 amide bonds. The number of morpholine rings is 1. The fourth-order valence-electron chi connectivity index (χ4n) is 3.57. The van der Waals surface area contributed by atoms with E-state index in [0.717, 1.165) is 5.56 Å². The van der Waals surface area contributed by atoms with Crippen LogP contribution < -0.4 is 15.1 Å². The number of rotatable bonds is 6. The van der Waals surface area contributed by atoms with Gasteiger partial charge in [0.1, 0.15) is 11.9 Å². The number of anilines is 2. The highest BCUT2D eigenvalue weighted by molar-refractivity contribution is 5.92. The number of benzene rings is 2. The van der Waals surface area contributed by atoms with E-state index in [1.54, 1.807) is 18.2 Å². The van der Waals surface area contributed by atoms with Crippen LogP contribution in [0.5, 0.6) is 0 Å². The first-order valence-corrected chi connectivity index (χ1v) is 10.2. The highest BCUT2D eigenvalue weighted by Gasteiger charge is 2.33. The molecule has 4 rings (SSSR count). The molecular formula is C23H24FN3O4. The lowest BCUT2D eigenvalue weighted by Crippen LogP contribution is -2.36. The topological polar surface area (TPSA) is 71.1 Å². The first-order valence-electron chi connectivity index (χ1n) is 10.2. The first-order chi connectivity index (χ1) is 15.1. The first kappa shape index (κ1) is 20.9. The third-order valence-electron chi connectivity index (χ3n) is 5.20. The summed E-state index contributed by atoms with van der Waals surface area (Å²) in [6.45, 7) is 2.79. The number of cyclic esters (lactones) is 1. The van der Waals surface area contributed by atoms with Crippen LogP contribution in [-0.2, 0) is 14.3 Å². The second-order valence-electron chi connectivity index (χ2n) is 7.34. The summed E-state index contributed by atoms with van der Waals surface area (Å²) in [4.78, 5) is 27.6. The zero-order valence-electron chi connectivity index (χ0n) is 17.0. The maximum absolute atomic E-state index is 14.7. The van der Waals surface area contributed by atoms with Crippen molar-refractivity contribution in [2.75, 3.05) is 49.2 Å². The molecule has 0 unspecified atom stereocenters. The third kappa shape index (κ3) is 5.21. The monoisotopic (exact) mass is 425 g/mol. The summed E-state index contributed by atoms with van der Waals surface area (Å²) in [6.07, 6.45) is 2.08. The van der Waals surface area contributed by atoms with Crippen LogP contribution in [-0.4, -0.2) is 57.5 Å². The minimum Gasteiger partial charge on any atom is -0.442 e. The second kappa shape index (κ2) is 9.61. The van der Waals surface area contributed by atoms with Crippen molar-refractivity contribution in [2.24, 2.45) is 0 Å². The van der Waals surface area contributed by atoms with Crippen molar-refractivity contribution in [3.05, 3.63) is 66.0 Å². The number of amides is 2. The van der Waals surface area contributed by atoms with Gasteiger partial charge in [0, 0.05) is 19.2 Å². The summed E-state index contributed by atoms with van der Waals surface area (Å²) >= 11 is 0. The van der Waals surface area contributed by atoms with Crippen molar-refractivity contribution in [3.8, 4) is 0 Å². The van der Waals surface area contributed by atoms with E-state index in [9.17, 15) is 14.0 Å². The van der Waals surface area contributed by atoms with Gasteiger partial charge in [0.15, 0.2) is 0 Å². The number of hydrogen-bond acceptors (Lipinski definition) is 5. The lowest BCUT2D eigenvalue weighted by molar-refractivity contribution is -0.116. The van der Waals surface area contributed by atoms with Crippen molar-refractivity contribution in [1.82, 2.24) is 5.32 Å². The molecule has 162 valence electrons. The Kier molecular flexibility index (Phi) is 6.47. The van der Waals surface area contributed by atoms with Gasteiger partial charge in [-0.05, 0) is 29.8 Å². The van der Waals surface area contributed by atoms with E-state index >= 15 is 0 Å². The number of ether oxygens (including phenoxy) is 2. The Morgan fingerprint density at radius 3 is 2.68 bits per heavy atom. The zero-order valence-corrected chi connectivity index (χ0v) is 17.0. The highest BCUT2D eigenvalue weighted by Crippen LogP contribution is 2.28. The maximum atomic E-state index is 14.7. The molecule has 2 aliphatic rings. The van der Waals surface area contributed by atoms with E-state index in [0.29, 0.717) is 37.7 Å². The van der Waals surface area contributed by atoms with Crippen LogP contribution in [0.4, 0.5) is 20.6 Å². The Morgan fingerprint density at radius 2 is 1.94 bits per heavy atom. The number of nitrogens with zero attached hydrogens (tertiary/aromatic N) is 2. The Bertz CT molecular complexity index is 961. The number of carbonyl (C=O) groups excluding carboxylic acids is 2. The summed E-state index contributed by atoms with van der Waals surface area (Å²) < 4.78 is 25.3. The van der Waals surface area contributed by atoms with Gasteiger partial charge in [-0.1, -0.05) is 30.3 Å². The molecule has 1 N–H and O–H groups in total. The summed E-state index contributed by atoms with van der Waals surface area (Å²) in [6, 6.07) is 14.2. The number of hydrogen-bond donors (Lipinski definition) is 1. The molecule has 2 aromatic rings. The minimum absolute atomic E-state index is 0.175. The van der Waals surface area contributed by atoms with Crippen molar-refractivity contribution < 1.29 is 23.5 Å². The Labute approximate surface area is 180 Å². The third-order valence-corrected chi connectivity index (χ3v) is 5.20. The van der Waals surface area contributed by atoms with Gasteiger partial charge >= 0.3 is 6.09 Å². The van der Waals surface area contributed by atoms with E-state index in [-0.39, 0.29) is 19.0 Å². The normalized spacial score (nSPS) is 19.0. The molecule has 8 heteroatoms. The van der Waals surface area contributed by atoms with Gasteiger partial charge in [-0.15, -0.1) is 0 Å². The summed E-state index contributed by atoms with van der Waals surface area (Å²) in [5.41, 5.74) is 1.84. The largest absolute Gasteiger partial charge is 0.442 e. The van der Waals surface area contributed by atoms with E-state index in [2.05, 4.69) is 5.32 Å². The molecule has 2 saturated heterocycles.